The van der Waals surface area contributed by atoms with E-state index in [-0.39, 0.29) is 5.41 Å². The fourth-order valence-electron chi connectivity index (χ4n) is 1.93. The molecule has 15 heavy (non-hydrogen) atoms. The van der Waals surface area contributed by atoms with Crippen LogP contribution in [0.25, 0.3) is 0 Å². The van der Waals surface area contributed by atoms with Crippen LogP contribution in [0.2, 0.25) is 0 Å². The molecule has 1 aromatic heterocycles. The molecule has 0 saturated carbocycles. The Labute approximate surface area is 105 Å². The van der Waals surface area contributed by atoms with Gasteiger partial charge in [0, 0.05) is 10.9 Å². The summed E-state index contributed by atoms with van der Waals surface area (Å²) in [7, 11) is 4.21. The summed E-state index contributed by atoms with van der Waals surface area (Å²) in [5.41, 5.74) is 5.95. The third-order valence-electron chi connectivity index (χ3n) is 2.65. The summed E-state index contributed by atoms with van der Waals surface area (Å²) >= 11 is 5.29. The topological polar surface area (TPSA) is 29.3 Å². The van der Waals surface area contributed by atoms with E-state index in [0.717, 1.165) is 0 Å². The number of hydrogen-bond acceptors (Lipinski definition) is 3. The monoisotopic (exact) mass is 290 g/mol. The van der Waals surface area contributed by atoms with Gasteiger partial charge in [0.05, 0.1) is 3.79 Å². The highest BCUT2D eigenvalue weighted by molar-refractivity contribution is 9.11. The second kappa shape index (κ2) is 4.95. The summed E-state index contributed by atoms with van der Waals surface area (Å²) in [5, 5.41) is 0. The highest BCUT2D eigenvalue weighted by atomic mass is 79.9. The van der Waals surface area contributed by atoms with E-state index in [1.807, 2.05) is 0 Å². The Balaban J connectivity index is 3.03. The van der Waals surface area contributed by atoms with Crippen molar-refractivity contribution in [2.75, 3.05) is 20.6 Å². The van der Waals surface area contributed by atoms with Crippen molar-refractivity contribution < 1.29 is 0 Å². The van der Waals surface area contributed by atoms with Gasteiger partial charge in [0.2, 0.25) is 0 Å². The van der Waals surface area contributed by atoms with E-state index in [1.54, 1.807) is 11.3 Å². The number of hydrogen-bond donors (Lipinski definition) is 1. The minimum absolute atomic E-state index is 0.0911. The quantitative estimate of drug-likeness (QED) is 0.923. The zero-order valence-electron chi connectivity index (χ0n) is 9.75. The molecule has 0 saturated heterocycles. The van der Waals surface area contributed by atoms with Crippen LogP contribution >= 0.6 is 27.3 Å². The first kappa shape index (κ1) is 13.2. The standard InChI is InChI=1S/C11H19BrN2S/c1-11(2,7-13)10(14(3)4)8-5-6-9(12)15-8/h5-6,10H,7,13H2,1-4H3. The van der Waals surface area contributed by atoms with Crippen molar-refractivity contribution in [3.05, 3.63) is 20.8 Å². The third-order valence-corrected chi connectivity index (χ3v) is 4.32. The van der Waals surface area contributed by atoms with Gasteiger partial charge in [0.1, 0.15) is 0 Å². The number of thiophene rings is 1. The van der Waals surface area contributed by atoms with Crippen LogP contribution in [0.3, 0.4) is 0 Å². The van der Waals surface area contributed by atoms with Gasteiger partial charge in [-0.05, 0) is 54.1 Å². The highest BCUT2D eigenvalue weighted by Crippen LogP contribution is 2.40. The van der Waals surface area contributed by atoms with Crippen LogP contribution in [0, 0.1) is 5.41 Å². The summed E-state index contributed by atoms with van der Waals surface area (Å²) in [6.45, 7) is 5.11. The summed E-state index contributed by atoms with van der Waals surface area (Å²) in [6, 6.07) is 4.65. The number of nitrogens with zero attached hydrogens (tertiary/aromatic N) is 1. The zero-order valence-corrected chi connectivity index (χ0v) is 12.2. The van der Waals surface area contributed by atoms with E-state index in [1.165, 1.54) is 8.66 Å². The average Bonchev–Trinajstić information content (AvgIpc) is 2.51. The molecule has 0 fully saturated rings. The molecule has 1 aromatic rings. The van der Waals surface area contributed by atoms with Crippen molar-refractivity contribution in [2.24, 2.45) is 11.1 Å². The lowest BCUT2D eigenvalue weighted by Crippen LogP contribution is -2.38. The van der Waals surface area contributed by atoms with Gasteiger partial charge in [-0.15, -0.1) is 11.3 Å². The molecule has 0 aromatic carbocycles. The predicted molar refractivity (Wildman–Crippen MR) is 71.3 cm³/mol. The summed E-state index contributed by atoms with van der Waals surface area (Å²) in [4.78, 5) is 3.60. The summed E-state index contributed by atoms with van der Waals surface area (Å²) in [6.07, 6.45) is 0. The fraction of sp³-hybridized carbons (Fsp3) is 0.636. The van der Waals surface area contributed by atoms with Crippen molar-refractivity contribution in [1.82, 2.24) is 4.90 Å². The third kappa shape index (κ3) is 3.03. The Bertz CT molecular complexity index is 320. The van der Waals surface area contributed by atoms with Crippen LogP contribution in [0.15, 0.2) is 15.9 Å². The van der Waals surface area contributed by atoms with E-state index in [2.05, 4.69) is 60.9 Å². The largest absolute Gasteiger partial charge is 0.330 e. The number of nitrogens with two attached hydrogens (primary N) is 1. The first-order valence-corrected chi connectivity index (χ1v) is 6.61. The minimum Gasteiger partial charge on any atom is -0.330 e. The normalized spacial score (nSPS) is 14.6. The molecular formula is C11H19BrN2S. The first-order chi connectivity index (χ1) is 6.88. The van der Waals surface area contributed by atoms with Crippen LogP contribution in [0.4, 0.5) is 0 Å². The molecule has 0 bridgehead atoms. The molecule has 0 spiro atoms. The molecule has 2 nitrogen and oxygen atoms in total. The molecule has 1 unspecified atom stereocenters. The second-order valence-electron chi connectivity index (χ2n) is 4.70. The van der Waals surface area contributed by atoms with Crippen molar-refractivity contribution >= 4 is 27.3 Å². The van der Waals surface area contributed by atoms with Gasteiger partial charge in [-0.3, -0.25) is 0 Å². The second-order valence-corrected chi connectivity index (χ2v) is 7.20. The van der Waals surface area contributed by atoms with Gasteiger partial charge in [-0.2, -0.15) is 0 Å². The molecule has 0 amide bonds. The summed E-state index contributed by atoms with van der Waals surface area (Å²) < 4.78 is 1.18. The first-order valence-electron chi connectivity index (χ1n) is 5.00. The SMILES string of the molecule is CN(C)C(c1ccc(Br)s1)C(C)(C)CN. The molecule has 1 atom stereocenters. The van der Waals surface area contributed by atoms with Crippen LogP contribution in [-0.2, 0) is 0 Å². The van der Waals surface area contributed by atoms with E-state index in [0.29, 0.717) is 12.6 Å². The molecule has 0 aliphatic heterocycles. The average molecular weight is 291 g/mol. The van der Waals surface area contributed by atoms with E-state index >= 15 is 0 Å². The van der Waals surface area contributed by atoms with Gasteiger partial charge in [0.25, 0.3) is 0 Å². The van der Waals surface area contributed by atoms with Crippen LogP contribution < -0.4 is 5.73 Å². The fourth-order valence-corrected chi connectivity index (χ4v) is 3.76. The van der Waals surface area contributed by atoms with E-state index in [9.17, 15) is 0 Å². The lowest BCUT2D eigenvalue weighted by atomic mass is 9.83. The Morgan fingerprint density at radius 1 is 1.47 bits per heavy atom. The maximum absolute atomic E-state index is 5.86. The Morgan fingerprint density at radius 2 is 2.07 bits per heavy atom. The van der Waals surface area contributed by atoms with Crippen LogP contribution in [-0.4, -0.2) is 25.5 Å². The molecule has 1 rings (SSSR count). The van der Waals surface area contributed by atoms with E-state index in [4.69, 9.17) is 5.73 Å². The van der Waals surface area contributed by atoms with E-state index < -0.39 is 0 Å². The molecule has 0 aliphatic carbocycles. The highest BCUT2D eigenvalue weighted by Gasteiger charge is 2.32. The minimum atomic E-state index is 0.0911. The van der Waals surface area contributed by atoms with Gasteiger partial charge in [0.15, 0.2) is 0 Å². The van der Waals surface area contributed by atoms with Gasteiger partial charge < -0.3 is 10.6 Å². The smallest absolute Gasteiger partial charge is 0.0701 e. The molecule has 86 valence electrons. The van der Waals surface area contributed by atoms with Crippen LogP contribution in [0.5, 0.6) is 0 Å². The van der Waals surface area contributed by atoms with Crippen molar-refractivity contribution in [2.45, 2.75) is 19.9 Å². The number of halogens is 1. The maximum Gasteiger partial charge on any atom is 0.0701 e. The molecule has 2 N–H and O–H groups in total. The molecular weight excluding hydrogens is 272 g/mol. The zero-order chi connectivity index (χ0) is 11.6. The molecule has 1 heterocycles. The summed E-state index contributed by atoms with van der Waals surface area (Å²) in [5.74, 6) is 0. The Hall–Kier alpha value is 0.1000. The van der Waals surface area contributed by atoms with Crippen molar-refractivity contribution in [1.29, 1.82) is 0 Å². The van der Waals surface area contributed by atoms with Crippen molar-refractivity contribution in [3.8, 4) is 0 Å². The Kier molecular flexibility index (Phi) is 4.35. The van der Waals surface area contributed by atoms with Gasteiger partial charge in [-0.25, -0.2) is 0 Å². The lowest BCUT2D eigenvalue weighted by molar-refractivity contribution is 0.146. The maximum atomic E-state index is 5.86. The lowest BCUT2D eigenvalue weighted by Gasteiger charge is -2.37. The van der Waals surface area contributed by atoms with Gasteiger partial charge in [-0.1, -0.05) is 13.8 Å². The Morgan fingerprint density at radius 3 is 2.40 bits per heavy atom. The molecule has 4 heteroatoms. The van der Waals surface area contributed by atoms with Crippen molar-refractivity contribution in [3.63, 3.8) is 0 Å². The molecule has 0 aliphatic rings. The number of rotatable bonds is 4. The predicted octanol–water partition coefficient (Wildman–Crippen LogP) is 3.10. The van der Waals surface area contributed by atoms with Gasteiger partial charge >= 0.3 is 0 Å². The van der Waals surface area contributed by atoms with Crippen LogP contribution in [0.1, 0.15) is 24.8 Å². The molecule has 0 radical (unpaired) electrons.